The van der Waals surface area contributed by atoms with Crippen LogP contribution >= 0.6 is 0 Å². The highest BCUT2D eigenvalue weighted by Gasteiger charge is 2.16. The molecule has 0 aliphatic heterocycles. The molecule has 0 fully saturated rings. The standard InChI is InChI=1S/C17H26O2/c1-17(2,3)13-9-5-8-12-15(18)16(19)14-10-6-4-7-11-14/h4,6-7,10-11,15,18H,5,8-9,12-13H2,1-3H3. The third-order valence-corrected chi connectivity index (χ3v) is 3.27. The second kappa shape index (κ2) is 7.44. The highest BCUT2D eigenvalue weighted by molar-refractivity contribution is 5.99. The number of aliphatic hydroxyl groups is 1. The Morgan fingerprint density at radius 1 is 1.11 bits per heavy atom. The summed E-state index contributed by atoms with van der Waals surface area (Å²) in [6.07, 6.45) is 4.06. The van der Waals surface area contributed by atoms with Crippen molar-refractivity contribution in [2.75, 3.05) is 0 Å². The predicted octanol–water partition coefficient (Wildman–Crippen LogP) is 4.23. The molecule has 0 amide bonds. The van der Waals surface area contributed by atoms with E-state index in [1.165, 1.54) is 6.42 Å². The van der Waals surface area contributed by atoms with Crippen LogP contribution in [0.5, 0.6) is 0 Å². The van der Waals surface area contributed by atoms with Crippen molar-refractivity contribution >= 4 is 5.78 Å². The van der Waals surface area contributed by atoms with Crippen LogP contribution in [0, 0.1) is 5.41 Å². The minimum Gasteiger partial charge on any atom is -0.385 e. The monoisotopic (exact) mass is 262 g/mol. The van der Waals surface area contributed by atoms with Crippen LogP contribution in [-0.2, 0) is 0 Å². The fourth-order valence-electron chi connectivity index (χ4n) is 2.10. The lowest BCUT2D eigenvalue weighted by molar-refractivity contribution is 0.0724. The topological polar surface area (TPSA) is 37.3 Å². The van der Waals surface area contributed by atoms with Crippen LogP contribution in [-0.4, -0.2) is 17.0 Å². The van der Waals surface area contributed by atoms with Crippen molar-refractivity contribution in [3.05, 3.63) is 35.9 Å². The fraction of sp³-hybridized carbons (Fsp3) is 0.588. The van der Waals surface area contributed by atoms with Gasteiger partial charge in [-0.25, -0.2) is 0 Å². The number of Topliss-reactive ketones (excluding diaryl/α,β-unsaturated/α-hetero) is 1. The van der Waals surface area contributed by atoms with Crippen molar-refractivity contribution < 1.29 is 9.90 Å². The summed E-state index contributed by atoms with van der Waals surface area (Å²) in [5, 5.41) is 9.88. The highest BCUT2D eigenvalue weighted by atomic mass is 16.3. The Bertz CT molecular complexity index is 376. The Morgan fingerprint density at radius 2 is 1.74 bits per heavy atom. The number of rotatable bonds is 7. The van der Waals surface area contributed by atoms with Gasteiger partial charge in [0.1, 0.15) is 6.10 Å². The molecule has 2 nitrogen and oxygen atoms in total. The first-order chi connectivity index (χ1) is 8.90. The summed E-state index contributed by atoms with van der Waals surface area (Å²) in [6.45, 7) is 6.71. The summed E-state index contributed by atoms with van der Waals surface area (Å²) in [4.78, 5) is 11.9. The van der Waals surface area contributed by atoms with Gasteiger partial charge in [-0.15, -0.1) is 0 Å². The number of carbonyl (C=O) groups is 1. The largest absolute Gasteiger partial charge is 0.385 e. The van der Waals surface area contributed by atoms with Crippen molar-refractivity contribution in [1.82, 2.24) is 0 Å². The molecule has 1 aromatic carbocycles. The Kier molecular flexibility index (Phi) is 6.23. The molecule has 1 N–H and O–H groups in total. The summed E-state index contributed by atoms with van der Waals surface area (Å²) < 4.78 is 0. The van der Waals surface area contributed by atoms with Crippen molar-refractivity contribution in [3.63, 3.8) is 0 Å². The molecule has 1 unspecified atom stereocenters. The molecular formula is C17H26O2. The van der Waals surface area contributed by atoms with Gasteiger partial charge in [0, 0.05) is 5.56 Å². The molecule has 1 atom stereocenters. The maximum Gasteiger partial charge on any atom is 0.191 e. The van der Waals surface area contributed by atoms with Crippen LogP contribution in [0.15, 0.2) is 30.3 Å². The minimum absolute atomic E-state index is 0.156. The summed E-state index contributed by atoms with van der Waals surface area (Å²) in [5.74, 6) is -0.156. The van der Waals surface area contributed by atoms with E-state index in [1.807, 2.05) is 18.2 Å². The third kappa shape index (κ3) is 6.53. The number of hydrogen-bond acceptors (Lipinski definition) is 2. The highest BCUT2D eigenvalue weighted by Crippen LogP contribution is 2.22. The smallest absolute Gasteiger partial charge is 0.191 e. The van der Waals surface area contributed by atoms with Crippen LogP contribution in [0.1, 0.15) is 63.2 Å². The van der Waals surface area contributed by atoms with Crippen molar-refractivity contribution in [2.24, 2.45) is 5.41 Å². The van der Waals surface area contributed by atoms with E-state index in [2.05, 4.69) is 20.8 Å². The summed E-state index contributed by atoms with van der Waals surface area (Å²) in [7, 11) is 0. The fourth-order valence-corrected chi connectivity index (χ4v) is 2.10. The van der Waals surface area contributed by atoms with Crippen molar-refractivity contribution in [2.45, 2.75) is 59.0 Å². The Hall–Kier alpha value is -1.15. The Morgan fingerprint density at radius 3 is 2.32 bits per heavy atom. The second-order valence-corrected chi connectivity index (χ2v) is 6.41. The maximum atomic E-state index is 11.9. The molecule has 0 spiro atoms. The number of hydrogen-bond donors (Lipinski definition) is 1. The zero-order chi connectivity index (χ0) is 14.3. The zero-order valence-corrected chi connectivity index (χ0v) is 12.4. The second-order valence-electron chi connectivity index (χ2n) is 6.41. The lowest BCUT2D eigenvalue weighted by Crippen LogP contribution is -2.20. The van der Waals surface area contributed by atoms with Gasteiger partial charge >= 0.3 is 0 Å². The van der Waals surface area contributed by atoms with Crippen molar-refractivity contribution in [1.29, 1.82) is 0 Å². The Labute approximate surface area is 116 Å². The van der Waals surface area contributed by atoms with Gasteiger partial charge in [0.2, 0.25) is 0 Å². The van der Waals surface area contributed by atoms with Gasteiger partial charge in [0.25, 0.3) is 0 Å². The molecule has 0 saturated heterocycles. The zero-order valence-electron chi connectivity index (χ0n) is 12.4. The SMILES string of the molecule is CC(C)(C)CCCCCC(O)C(=O)c1ccccc1. The Balaban J connectivity index is 2.25. The first-order valence-electron chi connectivity index (χ1n) is 7.17. The van der Waals surface area contributed by atoms with Gasteiger partial charge in [-0.1, -0.05) is 70.4 Å². The van der Waals surface area contributed by atoms with Crippen LogP contribution in [0.3, 0.4) is 0 Å². The van der Waals surface area contributed by atoms with E-state index in [1.54, 1.807) is 12.1 Å². The van der Waals surface area contributed by atoms with Crippen LogP contribution < -0.4 is 0 Å². The lowest BCUT2D eigenvalue weighted by Gasteiger charge is -2.17. The lowest BCUT2D eigenvalue weighted by atomic mass is 9.89. The minimum atomic E-state index is -0.850. The van der Waals surface area contributed by atoms with E-state index < -0.39 is 6.10 Å². The van der Waals surface area contributed by atoms with E-state index in [0.717, 1.165) is 19.3 Å². The molecular weight excluding hydrogens is 236 g/mol. The first-order valence-corrected chi connectivity index (χ1v) is 7.17. The normalized spacial score (nSPS) is 13.3. The summed E-state index contributed by atoms with van der Waals surface area (Å²) in [5.41, 5.74) is 0.975. The van der Waals surface area contributed by atoms with Crippen LogP contribution in [0.4, 0.5) is 0 Å². The van der Waals surface area contributed by atoms with Gasteiger partial charge in [-0.2, -0.15) is 0 Å². The maximum absolute atomic E-state index is 11.9. The van der Waals surface area contributed by atoms with E-state index in [4.69, 9.17) is 0 Å². The molecule has 0 heterocycles. The molecule has 1 aromatic rings. The summed E-state index contributed by atoms with van der Waals surface area (Å²) in [6, 6.07) is 9.03. The number of unbranched alkanes of at least 4 members (excludes halogenated alkanes) is 2. The van der Waals surface area contributed by atoms with Gasteiger partial charge in [0.05, 0.1) is 0 Å². The third-order valence-electron chi connectivity index (χ3n) is 3.27. The molecule has 0 saturated carbocycles. The number of ketones is 1. The summed E-state index contributed by atoms with van der Waals surface area (Å²) >= 11 is 0. The number of carbonyl (C=O) groups excluding carboxylic acids is 1. The van der Waals surface area contributed by atoms with E-state index in [9.17, 15) is 9.90 Å². The molecule has 0 aliphatic carbocycles. The van der Waals surface area contributed by atoms with Gasteiger partial charge < -0.3 is 5.11 Å². The predicted molar refractivity (Wildman–Crippen MR) is 79.3 cm³/mol. The van der Waals surface area contributed by atoms with E-state index in [0.29, 0.717) is 17.4 Å². The average molecular weight is 262 g/mol. The van der Waals surface area contributed by atoms with Gasteiger partial charge in [-0.05, 0) is 18.3 Å². The molecule has 0 radical (unpaired) electrons. The molecule has 0 aromatic heterocycles. The number of aliphatic hydroxyl groups excluding tert-OH is 1. The first kappa shape index (κ1) is 15.9. The quantitative estimate of drug-likeness (QED) is 0.590. The van der Waals surface area contributed by atoms with Gasteiger partial charge in [0.15, 0.2) is 5.78 Å². The van der Waals surface area contributed by atoms with Gasteiger partial charge in [-0.3, -0.25) is 4.79 Å². The van der Waals surface area contributed by atoms with Crippen LogP contribution in [0.2, 0.25) is 0 Å². The molecule has 19 heavy (non-hydrogen) atoms. The molecule has 2 heteroatoms. The molecule has 0 aliphatic rings. The number of benzene rings is 1. The average Bonchev–Trinajstić information content (AvgIpc) is 2.37. The van der Waals surface area contributed by atoms with Crippen molar-refractivity contribution in [3.8, 4) is 0 Å². The molecule has 106 valence electrons. The van der Waals surface area contributed by atoms with Crippen LogP contribution in [0.25, 0.3) is 0 Å². The molecule has 1 rings (SSSR count). The van der Waals surface area contributed by atoms with E-state index >= 15 is 0 Å². The molecule has 0 bridgehead atoms. The van der Waals surface area contributed by atoms with E-state index in [-0.39, 0.29) is 5.78 Å².